The standard InChI is InChI=1S/C31H45N5O3/c1-6-37-27-18-15-23(28(38-7-2)29(27)39-8-3)21-32-20-19-22-13-16-24(17-14-22)33-31-34-26-12-10-9-11-25(26)30(35-31)36(4)5/h9-12,15,18,22,24,32H,6-8,13-14,16-17,19-21H2,1-5H3,(H,33,34,35). The van der Waals surface area contributed by atoms with Crippen molar-refractivity contribution in [1.29, 1.82) is 0 Å². The van der Waals surface area contributed by atoms with Gasteiger partial charge >= 0.3 is 0 Å². The third kappa shape index (κ3) is 7.44. The number of nitrogens with one attached hydrogen (secondary N) is 2. The molecule has 0 radical (unpaired) electrons. The average molecular weight is 536 g/mol. The number of anilines is 2. The monoisotopic (exact) mass is 535 g/mol. The number of nitrogens with zero attached hydrogens (tertiary/aromatic N) is 3. The van der Waals surface area contributed by atoms with Crippen LogP contribution in [0.25, 0.3) is 10.9 Å². The molecule has 1 heterocycles. The summed E-state index contributed by atoms with van der Waals surface area (Å²) in [6.45, 7) is 9.42. The first-order valence-electron chi connectivity index (χ1n) is 14.5. The minimum absolute atomic E-state index is 0.417. The molecule has 2 aromatic carbocycles. The predicted octanol–water partition coefficient (Wildman–Crippen LogP) is 6.04. The first-order chi connectivity index (χ1) is 19.0. The predicted molar refractivity (Wildman–Crippen MR) is 160 cm³/mol. The lowest BCUT2D eigenvalue weighted by atomic mass is 9.84. The van der Waals surface area contributed by atoms with Gasteiger partial charge in [-0.1, -0.05) is 18.2 Å². The summed E-state index contributed by atoms with van der Waals surface area (Å²) >= 11 is 0. The van der Waals surface area contributed by atoms with Gasteiger partial charge < -0.3 is 29.7 Å². The van der Waals surface area contributed by atoms with E-state index >= 15 is 0 Å². The Morgan fingerprint density at radius 2 is 1.56 bits per heavy atom. The number of hydrogen-bond donors (Lipinski definition) is 2. The molecular weight excluding hydrogens is 490 g/mol. The lowest BCUT2D eigenvalue weighted by molar-refractivity contribution is 0.258. The molecule has 0 aliphatic heterocycles. The van der Waals surface area contributed by atoms with Crippen molar-refractivity contribution in [2.24, 2.45) is 5.92 Å². The zero-order valence-electron chi connectivity index (χ0n) is 24.3. The Bertz CT molecular complexity index is 1190. The second kappa shape index (κ2) is 14.2. The average Bonchev–Trinajstić information content (AvgIpc) is 2.94. The van der Waals surface area contributed by atoms with Crippen LogP contribution in [0.3, 0.4) is 0 Å². The van der Waals surface area contributed by atoms with Crippen LogP contribution in [0, 0.1) is 5.92 Å². The number of fused-ring (bicyclic) bond motifs is 1. The first kappa shape index (κ1) is 28.7. The molecule has 3 aromatic rings. The van der Waals surface area contributed by atoms with Crippen LogP contribution in [0.2, 0.25) is 0 Å². The fourth-order valence-corrected chi connectivity index (χ4v) is 5.35. The smallest absolute Gasteiger partial charge is 0.225 e. The minimum Gasteiger partial charge on any atom is -0.490 e. The molecule has 8 nitrogen and oxygen atoms in total. The third-order valence-electron chi connectivity index (χ3n) is 7.27. The Morgan fingerprint density at radius 1 is 0.846 bits per heavy atom. The lowest BCUT2D eigenvalue weighted by Crippen LogP contribution is -2.28. The van der Waals surface area contributed by atoms with Crippen molar-refractivity contribution in [3.05, 3.63) is 42.0 Å². The van der Waals surface area contributed by atoms with E-state index in [1.165, 1.54) is 19.3 Å². The molecule has 1 aliphatic rings. The number of hydrogen-bond acceptors (Lipinski definition) is 8. The maximum Gasteiger partial charge on any atom is 0.225 e. The van der Waals surface area contributed by atoms with Crippen LogP contribution in [0.15, 0.2) is 36.4 Å². The normalized spacial score (nSPS) is 17.2. The van der Waals surface area contributed by atoms with Crippen molar-refractivity contribution < 1.29 is 14.2 Å². The zero-order valence-corrected chi connectivity index (χ0v) is 24.3. The van der Waals surface area contributed by atoms with Gasteiger partial charge in [0.15, 0.2) is 11.5 Å². The van der Waals surface area contributed by atoms with Crippen molar-refractivity contribution in [2.45, 2.75) is 65.5 Å². The molecule has 39 heavy (non-hydrogen) atoms. The van der Waals surface area contributed by atoms with Gasteiger partial charge in [0.25, 0.3) is 0 Å². The number of aromatic nitrogens is 2. The fraction of sp³-hybridized carbons (Fsp3) is 0.548. The van der Waals surface area contributed by atoms with E-state index in [0.717, 1.165) is 71.6 Å². The van der Waals surface area contributed by atoms with Gasteiger partial charge in [0.2, 0.25) is 11.7 Å². The van der Waals surface area contributed by atoms with Crippen LogP contribution in [0.5, 0.6) is 17.2 Å². The SMILES string of the molecule is CCOc1ccc(CNCCC2CCC(Nc3nc(N(C)C)c4ccccc4n3)CC2)c(OCC)c1OCC. The molecule has 0 unspecified atom stereocenters. The van der Waals surface area contributed by atoms with Gasteiger partial charge in [-0.2, -0.15) is 4.98 Å². The molecule has 8 heteroatoms. The van der Waals surface area contributed by atoms with E-state index in [1.807, 2.05) is 53.1 Å². The largest absolute Gasteiger partial charge is 0.490 e. The number of para-hydroxylation sites is 1. The molecule has 4 rings (SSSR count). The zero-order chi connectivity index (χ0) is 27.6. The quantitative estimate of drug-likeness (QED) is 0.242. The minimum atomic E-state index is 0.417. The van der Waals surface area contributed by atoms with E-state index in [9.17, 15) is 0 Å². The molecule has 0 bridgehead atoms. The Labute approximate surface area is 233 Å². The van der Waals surface area contributed by atoms with Gasteiger partial charge in [0, 0.05) is 37.6 Å². The summed E-state index contributed by atoms with van der Waals surface area (Å²) in [5, 5.41) is 8.34. The second-order valence-corrected chi connectivity index (χ2v) is 10.3. The molecular formula is C31H45N5O3. The molecule has 0 saturated heterocycles. The van der Waals surface area contributed by atoms with Gasteiger partial charge in [0.05, 0.1) is 25.3 Å². The number of benzene rings is 2. The summed E-state index contributed by atoms with van der Waals surface area (Å²) < 4.78 is 17.7. The topological polar surface area (TPSA) is 80.8 Å². The lowest BCUT2D eigenvalue weighted by Gasteiger charge is -2.29. The van der Waals surface area contributed by atoms with E-state index in [2.05, 4.69) is 33.7 Å². The van der Waals surface area contributed by atoms with Crippen LogP contribution in [0.4, 0.5) is 11.8 Å². The highest BCUT2D eigenvalue weighted by molar-refractivity contribution is 5.90. The van der Waals surface area contributed by atoms with E-state index < -0.39 is 0 Å². The molecule has 1 saturated carbocycles. The molecule has 1 aliphatic carbocycles. The summed E-state index contributed by atoms with van der Waals surface area (Å²) in [6.07, 6.45) is 5.89. The summed E-state index contributed by atoms with van der Waals surface area (Å²) in [4.78, 5) is 11.7. The Hall–Kier alpha value is -3.26. The second-order valence-electron chi connectivity index (χ2n) is 10.3. The molecule has 0 spiro atoms. The first-order valence-corrected chi connectivity index (χ1v) is 14.5. The number of rotatable bonds is 14. The van der Waals surface area contributed by atoms with Crippen molar-refractivity contribution in [3.63, 3.8) is 0 Å². The molecule has 212 valence electrons. The van der Waals surface area contributed by atoms with Gasteiger partial charge in [-0.05, 0) is 83.5 Å². The Balaban J connectivity index is 1.27. The highest BCUT2D eigenvalue weighted by atomic mass is 16.5. The van der Waals surface area contributed by atoms with Crippen molar-refractivity contribution in [2.75, 3.05) is 50.7 Å². The molecule has 0 atom stereocenters. The van der Waals surface area contributed by atoms with Crippen molar-refractivity contribution in [1.82, 2.24) is 15.3 Å². The Morgan fingerprint density at radius 3 is 2.28 bits per heavy atom. The summed E-state index contributed by atoms with van der Waals surface area (Å²) in [6, 6.07) is 12.7. The van der Waals surface area contributed by atoms with Crippen LogP contribution < -0.4 is 29.7 Å². The van der Waals surface area contributed by atoms with Crippen LogP contribution in [-0.2, 0) is 6.54 Å². The van der Waals surface area contributed by atoms with Gasteiger partial charge in [-0.15, -0.1) is 0 Å². The van der Waals surface area contributed by atoms with E-state index in [-0.39, 0.29) is 0 Å². The maximum absolute atomic E-state index is 5.99. The van der Waals surface area contributed by atoms with Crippen LogP contribution >= 0.6 is 0 Å². The van der Waals surface area contributed by atoms with Crippen molar-refractivity contribution >= 4 is 22.7 Å². The fourth-order valence-electron chi connectivity index (χ4n) is 5.35. The van der Waals surface area contributed by atoms with Gasteiger partial charge in [0.1, 0.15) is 5.82 Å². The van der Waals surface area contributed by atoms with Gasteiger partial charge in [-0.3, -0.25) is 0 Å². The van der Waals surface area contributed by atoms with E-state index in [0.29, 0.717) is 31.6 Å². The highest BCUT2D eigenvalue weighted by Gasteiger charge is 2.22. The van der Waals surface area contributed by atoms with Crippen LogP contribution in [0.1, 0.15) is 58.4 Å². The summed E-state index contributed by atoms with van der Waals surface area (Å²) in [7, 11) is 4.06. The van der Waals surface area contributed by atoms with E-state index in [1.54, 1.807) is 0 Å². The third-order valence-corrected chi connectivity index (χ3v) is 7.27. The summed E-state index contributed by atoms with van der Waals surface area (Å²) in [5.41, 5.74) is 2.08. The van der Waals surface area contributed by atoms with Crippen LogP contribution in [-0.4, -0.2) is 56.5 Å². The number of ether oxygens (including phenoxy) is 3. The summed E-state index contributed by atoms with van der Waals surface area (Å²) in [5.74, 6) is 4.66. The van der Waals surface area contributed by atoms with Crippen molar-refractivity contribution in [3.8, 4) is 17.2 Å². The molecule has 1 fully saturated rings. The molecule has 2 N–H and O–H groups in total. The highest BCUT2D eigenvalue weighted by Crippen LogP contribution is 2.40. The molecule has 1 aromatic heterocycles. The van der Waals surface area contributed by atoms with E-state index in [4.69, 9.17) is 24.2 Å². The Kier molecular flexibility index (Phi) is 10.5. The van der Waals surface area contributed by atoms with Gasteiger partial charge in [-0.25, -0.2) is 4.98 Å². The molecule has 0 amide bonds. The maximum atomic E-state index is 5.99.